The first-order valence-corrected chi connectivity index (χ1v) is 8.98. The third-order valence-corrected chi connectivity index (χ3v) is 4.23. The van der Waals surface area contributed by atoms with Gasteiger partial charge in [0, 0.05) is 5.56 Å². The Hall–Kier alpha value is -2.99. The molecular weight excluding hydrogens is 342 g/mol. The van der Waals surface area contributed by atoms with E-state index < -0.39 is 0 Å². The smallest absolute Gasteiger partial charge is 0.224 e. The molecule has 6 heteroatoms. The first-order valence-electron chi connectivity index (χ1n) is 8.98. The predicted octanol–water partition coefficient (Wildman–Crippen LogP) is 4.07. The lowest BCUT2D eigenvalue weighted by atomic mass is 10.1. The van der Waals surface area contributed by atoms with Gasteiger partial charge in [0.2, 0.25) is 5.88 Å². The summed E-state index contributed by atoms with van der Waals surface area (Å²) < 4.78 is 11.6. The molecule has 3 rings (SSSR count). The maximum absolute atomic E-state index is 9.20. The van der Waals surface area contributed by atoms with E-state index in [1.165, 1.54) is 6.33 Å². The largest absolute Gasteiger partial charge is 0.477 e. The maximum Gasteiger partial charge on any atom is 0.224 e. The highest BCUT2D eigenvalue weighted by Gasteiger charge is 2.09. The number of para-hydroxylation sites is 1. The van der Waals surface area contributed by atoms with Crippen LogP contribution in [0.4, 0.5) is 0 Å². The highest BCUT2D eigenvalue weighted by molar-refractivity contribution is 6.01. The van der Waals surface area contributed by atoms with Gasteiger partial charge in [-0.25, -0.2) is 9.97 Å². The molecule has 0 bridgehead atoms. The zero-order valence-corrected chi connectivity index (χ0v) is 15.3. The first kappa shape index (κ1) is 18.8. The van der Waals surface area contributed by atoms with E-state index in [1.807, 2.05) is 61.5 Å². The van der Waals surface area contributed by atoms with E-state index in [4.69, 9.17) is 9.47 Å². The molecule has 1 unspecified atom stereocenters. The molecule has 0 saturated heterocycles. The number of hydrogen-bond donors (Lipinski definition) is 1. The van der Waals surface area contributed by atoms with Crippen molar-refractivity contribution in [3.63, 3.8) is 0 Å². The Labute approximate surface area is 158 Å². The second-order valence-electron chi connectivity index (χ2n) is 6.22. The molecule has 0 amide bonds. The lowest BCUT2D eigenvalue weighted by Gasteiger charge is -2.14. The van der Waals surface area contributed by atoms with Crippen molar-refractivity contribution in [1.82, 2.24) is 9.97 Å². The van der Waals surface area contributed by atoms with E-state index in [1.54, 1.807) is 0 Å². The van der Waals surface area contributed by atoms with Crippen molar-refractivity contribution < 1.29 is 14.7 Å². The number of benzene rings is 2. The third-order valence-electron chi connectivity index (χ3n) is 4.23. The van der Waals surface area contributed by atoms with E-state index in [9.17, 15) is 5.21 Å². The molecule has 1 heterocycles. The Balaban J connectivity index is 1.42. The van der Waals surface area contributed by atoms with Crippen LogP contribution in [0.15, 0.2) is 66.1 Å². The molecule has 3 aromatic rings. The molecule has 0 aliphatic heterocycles. The number of fused-ring (bicyclic) bond motifs is 1. The van der Waals surface area contributed by atoms with Gasteiger partial charge in [0.15, 0.2) is 0 Å². The summed E-state index contributed by atoms with van der Waals surface area (Å²) in [7, 11) is 0. The molecule has 0 aliphatic rings. The minimum absolute atomic E-state index is 0.0243. The van der Waals surface area contributed by atoms with Gasteiger partial charge in [0.25, 0.3) is 0 Å². The molecule has 0 fully saturated rings. The van der Waals surface area contributed by atoms with Gasteiger partial charge >= 0.3 is 0 Å². The van der Waals surface area contributed by atoms with Gasteiger partial charge in [-0.3, -0.25) is 0 Å². The van der Waals surface area contributed by atoms with Gasteiger partial charge in [0.05, 0.1) is 30.2 Å². The fourth-order valence-corrected chi connectivity index (χ4v) is 2.74. The highest BCUT2D eigenvalue weighted by atomic mass is 16.5. The number of oxime groups is 1. The Morgan fingerprint density at radius 1 is 1.07 bits per heavy atom. The van der Waals surface area contributed by atoms with Crippen LogP contribution >= 0.6 is 0 Å². The maximum atomic E-state index is 9.20. The SMILES string of the molecule is CC(CCCOc1ncnc2ccccc12)OC/C(=N\O)c1ccccc1. The summed E-state index contributed by atoms with van der Waals surface area (Å²) >= 11 is 0. The second-order valence-corrected chi connectivity index (χ2v) is 6.22. The van der Waals surface area contributed by atoms with Crippen LogP contribution in [0.2, 0.25) is 0 Å². The average molecular weight is 365 g/mol. The van der Waals surface area contributed by atoms with Crippen molar-refractivity contribution in [3.8, 4) is 5.88 Å². The molecule has 27 heavy (non-hydrogen) atoms. The van der Waals surface area contributed by atoms with Crippen LogP contribution in [-0.4, -0.2) is 40.2 Å². The summed E-state index contributed by atoms with van der Waals surface area (Å²) in [5.74, 6) is 0.605. The van der Waals surface area contributed by atoms with Crippen LogP contribution in [0.5, 0.6) is 5.88 Å². The monoisotopic (exact) mass is 365 g/mol. The van der Waals surface area contributed by atoms with Gasteiger partial charge in [0.1, 0.15) is 12.0 Å². The van der Waals surface area contributed by atoms with Crippen LogP contribution in [-0.2, 0) is 4.74 Å². The third kappa shape index (κ3) is 5.24. The standard InChI is InChI=1S/C21H23N3O3/c1-16(27-14-20(24-25)17-9-3-2-4-10-17)8-7-13-26-21-18-11-5-6-12-19(18)22-15-23-21/h2-6,9-12,15-16,25H,7-8,13-14H2,1H3/b24-20+. The summed E-state index contributed by atoms with van der Waals surface area (Å²) in [6, 6.07) is 17.3. The highest BCUT2D eigenvalue weighted by Crippen LogP contribution is 2.20. The summed E-state index contributed by atoms with van der Waals surface area (Å²) in [6.07, 6.45) is 3.20. The van der Waals surface area contributed by atoms with Gasteiger partial charge in [-0.05, 0) is 31.9 Å². The topological polar surface area (TPSA) is 76.8 Å². The molecule has 1 atom stereocenters. The first-order chi connectivity index (χ1) is 13.3. The minimum Gasteiger partial charge on any atom is -0.477 e. The van der Waals surface area contributed by atoms with Crippen molar-refractivity contribution in [2.24, 2.45) is 5.16 Å². The van der Waals surface area contributed by atoms with Crippen molar-refractivity contribution >= 4 is 16.6 Å². The van der Waals surface area contributed by atoms with Crippen molar-refractivity contribution in [2.45, 2.75) is 25.9 Å². The zero-order chi connectivity index (χ0) is 18.9. The molecule has 6 nitrogen and oxygen atoms in total. The van der Waals surface area contributed by atoms with Crippen LogP contribution in [0.25, 0.3) is 10.9 Å². The fraction of sp³-hybridized carbons (Fsp3) is 0.286. The normalized spacial score (nSPS) is 12.9. The second kappa shape index (κ2) is 9.64. The van der Waals surface area contributed by atoms with E-state index >= 15 is 0 Å². The number of rotatable bonds is 9. The number of nitrogens with zero attached hydrogens (tertiary/aromatic N) is 3. The van der Waals surface area contributed by atoms with Crippen LogP contribution in [0, 0.1) is 0 Å². The summed E-state index contributed by atoms with van der Waals surface area (Å²) in [6.45, 7) is 2.81. The average Bonchev–Trinajstić information content (AvgIpc) is 2.72. The Morgan fingerprint density at radius 2 is 1.85 bits per heavy atom. The molecule has 0 radical (unpaired) electrons. The molecule has 2 aromatic carbocycles. The van der Waals surface area contributed by atoms with Gasteiger partial charge in [-0.15, -0.1) is 0 Å². The number of ether oxygens (including phenoxy) is 2. The van der Waals surface area contributed by atoms with Crippen LogP contribution < -0.4 is 4.74 Å². The van der Waals surface area contributed by atoms with Gasteiger partial charge in [-0.1, -0.05) is 47.6 Å². The number of hydrogen-bond acceptors (Lipinski definition) is 6. The van der Waals surface area contributed by atoms with E-state index in [0.717, 1.165) is 29.3 Å². The molecule has 0 spiro atoms. The Morgan fingerprint density at radius 3 is 2.67 bits per heavy atom. The lowest BCUT2D eigenvalue weighted by Crippen LogP contribution is -2.17. The van der Waals surface area contributed by atoms with Crippen LogP contribution in [0.3, 0.4) is 0 Å². The van der Waals surface area contributed by atoms with E-state index in [-0.39, 0.29) is 12.7 Å². The zero-order valence-electron chi connectivity index (χ0n) is 15.3. The summed E-state index contributed by atoms with van der Waals surface area (Å²) in [5, 5.41) is 13.5. The summed E-state index contributed by atoms with van der Waals surface area (Å²) in [5.41, 5.74) is 2.24. The molecule has 0 saturated carbocycles. The Kier molecular flexibility index (Phi) is 6.71. The lowest BCUT2D eigenvalue weighted by molar-refractivity contribution is 0.0826. The number of aromatic nitrogens is 2. The molecule has 140 valence electrons. The van der Waals surface area contributed by atoms with Gasteiger partial charge in [-0.2, -0.15) is 0 Å². The van der Waals surface area contributed by atoms with E-state index in [0.29, 0.717) is 18.2 Å². The van der Waals surface area contributed by atoms with Crippen molar-refractivity contribution in [1.29, 1.82) is 0 Å². The molecular formula is C21H23N3O3. The summed E-state index contributed by atoms with van der Waals surface area (Å²) in [4.78, 5) is 8.45. The van der Waals surface area contributed by atoms with Crippen molar-refractivity contribution in [3.05, 3.63) is 66.5 Å². The quantitative estimate of drug-likeness (QED) is 0.268. The molecule has 0 aliphatic carbocycles. The Bertz CT molecular complexity index is 879. The molecule has 1 aromatic heterocycles. The van der Waals surface area contributed by atoms with E-state index in [2.05, 4.69) is 15.1 Å². The van der Waals surface area contributed by atoms with Crippen molar-refractivity contribution in [2.75, 3.05) is 13.2 Å². The van der Waals surface area contributed by atoms with Crippen LogP contribution in [0.1, 0.15) is 25.3 Å². The van der Waals surface area contributed by atoms with Gasteiger partial charge < -0.3 is 14.7 Å². The predicted molar refractivity (Wildman–Crippen MR) is 104 cm³/mol. The molecule has 1 N–H and O–H groups in total. The minimum atomic E-state index is 0.0243. The fourth-order valence-electron chi connectivity index (χ4n) is 2.74.